The molecule has 0 unspecified atom stereocenters. The molecule has 1 aliphatic rings. The van der Waals surface area contributed by atoms with Crippen LogP contribution in [0.5, 0.6) is 5.75 Å². The molecule has 0 bridgehead atoms. The van der Waals surface area contributed by atoms with Crippen LogP contribution in [0.2, 0.25) is 5.02 Å². The highest BCUT2D eigenvalue weighted by Gasteiger charge is 2.25. The molecule has 1 aliphatic carbocycles. The number of aromatic hydroxyl groups is 1. The average Bonchev–Trinajstić information content (AvgIpc) is 3.60. The Morgan fingerprint density at radius 2 is 1.90 bits per heavy atom. The summed E-state index contributed by atoms with van der Waals surface area (Å²) < 4.78 is 2.05. The van der Waals surface area contributed by atoms with E-state index in [0.717, 1.165) is 73.9 Å². The Morgan fingerprint density at radius 3 is 2.71 bits per heavy atom. The van der Waals surface area contributed by atoms with Crippen molar-refractivity contribution < 1.29 is 5.11 Å². The van der Waals surface area contributed by atoms with E-state index in [2.05, 4.69) is 15.6 Å². The number of unbranched alkanes of at least 4 members (excludes halogenated alkanes) is 3. The van der Waals surface area contributed by atoms with Gasteiger partial charge in [0.2, 0.25) is 5.43 Å². The third-order valence-electron chi connectivity index (χ3n) is 5.69. The van der Waals surface area contributed by atoms with Crippen LogP contribution in [-0.2, 0) is 6.54 Å². The second-order valence-corrected chi connectivity index (χ2v) is 8.63. The summed E-state index contributed by atoms with van der Waals surface area (Å²) in [4.78, 5) is 16.1. The van der Waals surface area contributed by atoms with Crippen molar-refractivity contribution in [3.05, 3.63) is 63.7 Å². The Hall–Kier alpha value is -2.57. The molecule has 0 aliphatic heterocycles. The highest BCUT2D eigenvalue weighted by molar-refractivity contribution is 6.31. The number of anilines is 1. The molecule has 4 rings (SSSR count). The molecule has 0 saturated heterocycles. The Morgan fingerprint density at radius 1 is 1.10 bits per heavy atom. The summed E-state index contributed by atoms with van der Waals surface area (Å²) in [7, 11) is 0. The molecule has 0 radical (unpaired) electrons. The van der Waals surface area contributed by atoms with Gasteiger partial charge in [-0.1, -0.05) is 24.4 Å². The minimum Gasteiger partial charge on any atom is -0.503 e. The van der Waals surface area contributed by atoms with Crippen molar-refractivity contribution in [2.75, 3.05) is 18.4 Å². The molecule has 2 aromatic heterocycles. The number of fused-ring (bicyclic) bond motifs is 1. The number of hydrogen-bond donors (Lipinski definition) is 3. The number of hydrogen-bond acceptors (Lipinski definition) is 5. The van der Waals surface area contributed by atoms with Crippen molar-refractivity contribution in [1.29, 1.82) is 0 Å². The quantitative estimate of drug-likeness (QED) is 0.371. The molecule has 3 N–H and O–H groups in total. The first kappa shape index (κ1) is 21.7. The zero-order valence-electron chi connectivity index (χ0n) is 17.6. The summed E-state index contributed by atoms with van der Waals surface area (Å²) in [6.07, 6.45) is 10.2. The lowest BCUT2D eigenvalue weighted by atomic mass is 10.1. The van der Waals surface area contributed by atoms with E-state index in [9.17, 15) is 9.90 Å². The zero-order valence-corrected chi connectivity index (χ0v) is 18.4. The van der Waals surface area contributed by atoms with Gasteiger partial charge in [0.1, 0.15) is 0 Å². The average molecular weight is 441 g/mol. The molecule has 164 valence electrons. The van der Waals surface area contributed by atoms with Gasteiger partial charge < -0.3 is 20.3 Å². The van der Waals surface area contributed by atoms with Gasteiger partial charge in [-0.3, -0.25) is 9.78 Å². The molecule has 0 spiro atoms. The second-order valence-electron chi connectivity index (χ2n) is 8.19. The van der Waals surface area contributed by atoms with Gasteiger partial charge in [-0.05, 0) is 56.5 Å². The molecule has 1 fully saturated rings. The van der Waals surface area contributed by atoms with Gasteiger partial charge in [-0.25, -0.2) is 0 Å². The van der Waals surface area contributed by atoms with E-state index in [1.54, 1.807) is 12.3 Å². The highest BCUT2D eigenvalue weighted by atomic mass is 35.5. The number of nitrogens with zero attached hydrogens (tertiary/aromatic N) is 2. The summed E-state index contributed by atoms with van der Waals surface area (Å²) in [5.74, 6) is -0.159. The molecule has 0 atom stereocenters. The van der Waals surface area contributed by atoms with E-state index in [1.807, 2.05) is 35.0 Å². The van der Waals surface area contributed by atoms with Crippen LogP contribution in [0.15, 0.2) is 47.5 Å². The molecule has 1 aromatic carbocycles. The van der Waals surface area contributed by atoms with Crippen LogP contribution in [0.4, 0.5) is 5.69 Å². The van der Waals surface area contributed by atoms with Crippen LogP contribution in [0.25, 0.3) is 10.9 Å². The molecular weight excluding hydrogens is 412 g/mol. The van der Waals surface area contributed by atoms with E-state index < -0.39 is 0 Å². The van der Waals surface area contributed by atoms with Gasteiger partial charge in [-0.2, -0.15) is 0 Å². The van der Waals surface area contributed by atoms with Crippen LogP contribution in [0.1, 0.15) is 50.3 Å². The summed E-state index contributed by atoms with van der Waals surface area (Å²) in [5, 5.41) is 18.4. The van der Waals surface area contributed by atoms with Gasteiger partial charge in [0.05, 0.1) is 11.7 Å². The first-order valence-electron chi connectivity index (χ1n) is 11.0. The van der Waals surface area contributed by atoms with Crippen molar-refractivity contribution in [3.63, 3.8) is 0 Å². The summed E-state index contributed by atoms with van der Waals surface area (Å²) in [6.45, 7) is 2.51. The maximum absolute atomic E-state index is 11.8. The molecule has 7 heteroatoms. The van der Waals surface area contributed by atoms with Crippen molar-refractivity contribution in [2.24, 2.45) is 0 Å². The third-order valence-corrected chi connectivity index (χ3v) is 5.93. The van der Waals surface area contributed by atoms with Crippen LogP contribution in [0, 0.1) is 0 Å². The lowest BCUT2D eigenvalue weighted by Gasteiger charge is -2.14. The zero-order chi connectivity index (χ0) is 21.6. The van der Waals surface area contributed by atoms with Gasteiger partial charge in [0, 0.05) is 53.2 Å². The number of nitrogens with one attached hydrogen (secondary N) is 2. The first-order valence-corrected chi connectivity index (χ1v) is 11.4. The summed E-state index contributed by atoms with van der Waals surface area (Å²) in [6, 6.07) is 9.79. The van der Waals surface area contributed by atoms with Crippen molar-refractivity contribution >= 4 is 28.2 Å². The number of rotatable bonds is 11. The third kappa shape index (κ3) is 5.77. The monoisotopic (exact) mass is 440 g/mol. The maximum Gasteiger partial charge on any atom is 0.223 e. The van der Waals surface area contributed by atoms with Crippen LogP contribution in [-0.4, -0.2) is 27.7 Å². The second kappa shape index (κ2) is 10.2. The van der Waals surface area contributed by atoms with E-state index in [-0.39, 0.29) is 11.2 Å². The van der Waals surface area contributed by atoms with E-state index in [0.29, 0.717) is 17.6 Å². The van der Waals surface area contributed by atoms with Crippen LogP contribution in [0.3, 0.4) is 0 Å². The van der Waals surface area contributed by atoms with Crippen LogP contribution < -0.4 is 16.1 Å². The molecular formula is C24H29ClN4O2. The minimum absolute atomic E-state index is 0.159. The highest BCUT2D eigenvalue weighted by Crippen LogP contribution is 2.36. The number of pyridine rings is 2. The SMILES string of the molecule is O=c1cc(CNCCCCCCNc2ccnc3cc(Cl)ccc23)n(C2CC2)cc1O. The predicted octanol–water partition coefficient (Wildman–Crippen LogP) is 4.85. The minimum atomic E-state index is -0.300. The van der Waals surface area contributed by atoms with E-state index in [1.165, 1.54) is 0 Å². The fourth-order valence-corrected chi connectivity index (χ4v) is 4.02. The lowest BCUT2D eigenvalue weighted by Crippen LogP contribution is -2.20. The van der Waals surface area contributed by atoms with Gasteiger partial charge in [0.25, 0.3) is 0 Å². The summed E-state index contributed by atoms with van der Waals surface area (Å²) >= 11 is 6.05. The number of benzene rings is 1. The largest absolute Gasteiger partial charge is 0.503 e. The fraction of sp³-hybridized carbons (Fsp3) is 0.417. The predicted molar refractivity (Wildman–Crippen MR) is 126 cm³/mol. The topological polar surface area (TPSA) is 79.2 Å². The Kier molecular flexibility index (Phi) is 7.10. The first-order chi connectivity index (χ1) is 15.1. The lowest BCUT2D eigenvalue weighted by molar-refractivity contribution is 0.457. The van der Waals surface area contributed by atoms with Gasteiger partial charge in [0.15, 0.2) is 5.75 Å². The molecule has 3 aromatic rings. The number of halogens is 1. The molecule has 1 saturated carbocycles. The van der Waals surface area contributed by atoms with E-state index >= 15 is 0 Å². The Balaban J connectivity index is 1.13. The summed E-state index contributed by atoms with van der Waals surface area (Å²) in [5.41, 5.74) is 2.66. The maximum atomic E-state index is 11.8. The normalized spacial score (nSPS) is 13.6. The molecule has 0 amide bonds. The number of aromatic nitrogens is 2. The van der Waals surface area contributed by atoms with Crippen molar-refractivity contribution in [3.8, 4) is 5.75 Å². The van der Waals surface area contributed by atoms with Crippen molar-refractivity contribution in [1.82, 2.24) is 14.9 Å². The smallest absolute Gasteiger partial charge is 0.223 e. The Labute approximate surface area is 187 Å². The molecule has 2 heterocycles. The molecule has 31 heavy (non-hydrogen) atoms. The van der Waals surface area contributed by atoms with Gasteiger partial charge in [-0.15, -0.1) is 0 Å². The fourth-order valence-electron chi connectivity index (χ4n) is 3.86. The van der Waals surface area contributed by atoms with Crippen molar-refractivity contribution in [2.45, 2.75) is 51.1 Å². The van der Waals surface area contributed by atoms with Gasteiger partial charge >= 0.3 is 0 Å². The van der Waals surface area contributed by atoms with E-state index in [4.69, 9.17) is 11.6 Å². The molecule has 6 nitrogen and oxygen atoms in total. The standard InChI is InChI=1S/C24H29ClN4O2/c25-17-5-8-20-21(9-12-28-22(20)13-17)27-11-4-2-1-3-10-26-15-19-14-23(30)24(31)16-29(19)18-6-7-18/h5,8-9,12-14,16,18,26,31H,1-4,6-7,10-11,15H2,(H,27,28). The Bertz CT molecular complexity index is 1090. The van der Waals surface area contributed by atoms with Crippen LogP contribution >= 0.6 is 11.6 Å².